The van der Waals surface area contributed by atoms with Gasteiger partial charge in [-0.2, -0.15) is 0 Å². The Labute approximate surface area is 148 Å². The third-order valence-electron chi connectivity index (χ3n) is 5.22. The molecule has 2 fully saturated rings. The lowest BCUT2D eigenvalue weighted by Gasteiger charge is -2.33. The van der Waals surface area contributed by atoms with Gasteiger partial charge in [0.15, 0.2) is 0 Å². The maximum Gasteiger partial charge on any atom is 0.225 e. The van der Waals surface area contributed by atoms with Crippen molar-refractivity contribution in [1.82, 2.24) is 10.2 Å². The average molecular weight is 346 g/mol. The molecule has 2 aliphatic rings. The smallest absolute Gasteiger partial charge is 0.225 e. The molecule has 0 aromatic heterocycles. The highest BCUT2D eigenvalue weighted by atomic mass is 19.1. The van der Waals surface area contributed by atoms with Crippen molar-refractivity contribution in [1.29, 1.82) is 0 Å². The predicted molar refractivity (Wildman–Crippen MR) is 94.1 cm³/mol. The van der Waals surface area contributed by atoms with Gasteiger partial charge >= 0.3 is 0 Å². The van der Waals surface area contributed by atoms with E-state index in [2.05, 4.69) is 5.32 Å². The molecule has 3 rings (SSSR count). The summed E-state index contributed by atoms with van der Waals surface area (Å²) in [5, 5.41) is 3.13. The van der Waals surface area contributed by atoms with Gasteiger partial charge < -0.3 is 10.2 Å². The van der Waals surface area contributed by atoms with E-state index >= 15 is 0 Å². The van der Waals surface area contributed by atoms with E-state index in [9.17, 15) is 14.0 Å². The Kier molecular flexibility index (Phi) is 5.40. The highest BCUT2D eigenvalue weighted by Gasteiger charge is 2.37. The molecule has 0 radical (unpaired) electrons. The molecule has 2 atom stereocenters. The van der Waals surface area contributed by atoms with Crippen molar-refractivity contribution in [3.05, 3.63) is 35.6 Å². The van der Waals surface area contributed by atoms with Crippen molar-refractivity contribution in [2.45, 2.75) is 45.6 Å². The van der Waals surface area contributed by atoms with Crippen molar-refractivity contribution in [3.8, 4) is 0 Å². The summed E-state index contributed by atoms with van der Waals surface area (Å²) < 4.78 is 13.2. The number of piperidine rings is 1. The van der Waals surface area contributed by atoms with E-state index in [1.165, 1.54) is 12.1 Å². The first-order valence-corrected chi connectivity index (χ1v) is 9.30. The second kappa shape index (κ2) is 7.54. The topological polar surface area (TPSA) is 49.4 Å². The quantitative estimate of drug-likeness (QED) is 0.889. The summed E-state index contributed by atoms with van der Waals surface area (Å²) in [6.07, 6.45) is 3.67. The van der Waals surface area contributed by atoms with E-state index in [0.717, 1.165) is 37.8 Å². The number of nitrogens with one attached hydrogen (secondary N) is 1. The first-order chi connectivity index (χ1) is 12.0. The van der Waals surface area contributed by atoms with Crippen molar-refractivity contribution >= 4 is 11.8 Å². The number of halogens is 1. The zero-order valence-corrected chi connectivity index (χ0v) is 15.0. The van der Waals surface area contributed by atoms with E-state index in [4.69, 9.17) is 0 Å². The van der Waals surface area contributed by atoms with Crippen LogP contribution in [0.3, 0.4) is 0 Å². The molecule has 0 unspecified atom stereocenters. The molecule has 0 bridgehead atoms. The fourth-order valence-electron chi connectivity index (χ4n) is 3.56. The number of hydrogen-bond acceptors (Lipinski definition) is 2. The molecule has 0 spiro atoms. The molecule has 1 saturated heterocycles. The summed E-state index contributed by atoms with van der Waals surface area (Å²) in [5.74, 6) is 0.177. The molecule has 1 aromatic rings. The minimum absolute atomic E-state index is 0.00341. The Morgan fingerprint density at radius 3 is 2.40 bits per heavy atom. The van der Waals surface area contributed by atoms with Gasteiger partial charge in [-0.05, 0) is 49.3 Å². The van der Waals surface area contributed by atoms with Crippen molar-refractivity contribution in [2.24, 2.45) is 17.8 Å². The van der Waals surface area contributed by atoms with Crippen molar-refractivity contribution < 1.29 is 14.0 Å². The Morgan fingerprint density at radius 2 is 1.80 bits per heavy atom. The minimum atomic E-state index is -0.279. The van der Waals surface area contributed by atoms with Crippen LogP contribution in [0, 0.1) is 23.6 Å². The zero-order valence-electron chi connectivity index (χ0n) is 15.0. The molecular weight excluding hydrogens is 319 g/mol. The van der Waals surface area contributed by atoms with Crippen LogP contribution >= 0.6 is 0 Å². The highest BCUT2D eigenvalue weighted by Crippen LogP contribution is 2.32. The summed E-state index contributed by atoms with van der Waals surface area (Å²) in [4.78, 5) is 26.9. The molecule has 5 heteroatoms. The lowest BCUT2D eigenvalue weighted by Crippen LogP contribution is -2.47. The van der Waals surface area contributed by atoms with Gasteiger partial charge in [-0.15, -0.1) is 0 Å². The van der Waals surface area contributed by atoms with Gasteiger partial charge in [0, 0.05) is 19.0 Å². The SMILES string of the molecule is CC(C)[C@H](NC(=O)[C@@H]1CCCN(C(=O)C2CC2)C1)c1ccc(F)cc1. The van der Waals surface area contributed by atoms with Crippen molar-refractivity contribution in [2.75, 3.05) is 13.1 Å². The van der Waals surface area contributed by atoms with Gasteiger partial charge in [-0.1, -0.05) is 26.0 Å². The second-order valence-electron chi connectivity index (χ2n) is 7.68. The van der Waals surface area contributed by atoms with Gasteiger partial charge in [0.25, 0.3) is 0 Å². The largest absolute Gasteiger partial charge is 0.349 e. The Morgan fingerprint density at radius 1 is 1.12 bits per heavy atom. The standard InChI is InChI=1S/C20H27FN2O2/c1-13(2)18(14-7-9-17(21)10-8-14)22-19(24)16-4-3-11-23(12-16)20(25)15-5-6-15/h7-10,13,15-16,18H,3-6,11-12H2,1-2H3,(H,22,24)/t16-,18+/m1/s1. The minimum Gasteiger partial charge on any atom is -0.349 e. The third-order valence-corrected chi connectivity index (χ3v) is 5.22. The van der Waals surface area contributed by atoms with E-state index in [1.54, 1.807) is 12.1 Å². The molecule has 1 N–H and O–H groups in total. The number of carbonyl (C=O) groups excluding carboxylic acids is 2. The number of hydrogen-bond donors (Lipinski definition) is 1. The van der Waals surface area contributed by atoms with Crippen LogP contribution in [0.25, 0.3) is 0 Å². The summed E-state index contributed by atoms with van der Waals surface area (Å²) in [6.45, 7) is 5.37. The fraction of sp³-hybridized carbons (Fsp3) is 0.600. The monoisotopic (exact) mass is 346 g/mol. The number of likely N-dealkylation sites (tertiary alicyclic amines) is 1. The van der Waals surface area contributed by atoms with Gasteiger partial charge in [0.05, 0.1) is 12.0 Å². The van der Waals surface area contributed by atoms with Gasteiger partial charge in [0.1, 0.15) is 5.82 Å². The van der Waals surface area contributed by atoms with Crippen LogP contribution in [-0.2, 0) is 9.59 Å². The van der Waals surface area contributed by atoms with E-state index < -0.39 is 0 Å². The Balaban J connectivity index is 1.64. The maximum atomic E-state index is 13.2. The van der Waals surface area contributed by atoms with Gasteiger partial charge in [0.2, 0.25) is 11.8 Å². The Hall–Kier alpha value is -1.91. The molecular formula is C20H27FN2O2. The third kappa shape index (κ3) is 4.39. The van der Waals surface area contributed by atoms with E-state index in [1.807, 2.05) is 18.7 Å². The molecule has 2 amide bonds. The maximum absolute atomic E-state index is 13.2. The molecule has 4 nitrogen and oxygen atoms in total. The number of benzene rings is 1. The normalized spacial score (nSPS) is 21.9. The van der Waals surface area contributed by atoms with Gasteiger partial charge in [-0.25, -0.2) is 4.39 Å². The lowest BCUT2D eigenvalue weighted by molar-refractivity contribution is -0.137. The van der Waals surface area contributed by atoms with Crippen LogP contribution in [0.1, 0.15) is 51.1 Å². The highest BCUT2D eigenvalue weighted by molar-refractivity contribution is 5.83. The molecule has 1 aliphatic heterocycles. The first-order valence-electron chi connectivity index (χ1n) is 9.30. The number of nitrogens with zero attached hydrogens (tertiary/aromatic N) is 1. The Bertz CT molecular complexity index is 625. The first kappa shape index (κ1) is 17.9. The molecule has 1 heterocycles. The molecule has 1 aromatic carbocycles. The molecule has 136 valence electrons. The number of amides is 2. The van der Waals surface area contributed by atoms with Crippen LogP contribution in [0.5, 0.6) is 0 Å². The summed E-state index contributed by atoms with van der Waals surface area (Å²) in [7, 11) is 0. The van der Waals surface area contributed by atoms with Crippen LogP contribution in [0.4, 0.5) is 4.39 Å². The van der Waals surface area contributed by atoms with Crippen molar-refractivity contribution in [3.63, 3.8) is 0 Å². The zero-order chi connectivity index (χ0) is 18.0. The summed E-state index contributed by atoms with van der Waals surface area (Å²) in [6, 6.07) is 6.15. The van der Waals surface area contributed by atoms with Crippen LogP contribution in [0.2, 0.25) is 0 Å². The van der Waals surface area contributed by atoms with E-state index in [-0.39, 0.29) is 41.4 Å². The molecule has 1 aliphatic carbocycles. The lowest BCUT2D eigenvalue weighted by atomic mass is 9.92. The predicted octanol–water partition coefficient (Wildman–Crippen LogP) is 3.29. The number of carbonyl (C=O) groups is 2. The number of rotatable bonds is 5. The second-order valence-corrected chi connectivity index (χ2v) is 7.68. The van der Waals surface area contributed by atoms with Gasteiger partial charge in [-0.3, -0.25) is 9.59 Å². The van der Waals surface area contributed by atoms with Crippen LogP contribution in [-0.4, -0.2) is 29.8 Å². The summed E-state index contributed by atoms with van der Waals surface area (Å²) >= 11 is 0. The fourth-order valence-corrected chi connectivity index (χ4v) is 3.56. The van der Waals surface area contributed by atoms with E-state index in [0.29, 0.717) is 6.54 Å². The molecule has 1 saturated carbocycles. The van der Waals surface area contributed by atoms with Crippen LogP contribution < -0.4 is 5.32 Å². The molecule has 25 heavy (non-hydrogen) atoms. The average Bonchev–Trinajstić information content (AvgIpc) is 3.44. The summed E-state index contributed by atoms with van der Waals surface area (Å²) in [5.41, 5.74) is 0.909. The van der Waals surface area contributed by atoms with Crippen LogP contribution in [0.15, 0.2) is 24.3 Å².